The fraction of sp³-hybridized carbons (Fsp3) is 0.0526. The van der Waals surface area contributed by atoms with Crippen LogP contribution in [0.4, 0.5) is 30.7 Å². The molecular formula is C19H9F7O. The average molecular weight is 386 g/mol. The average Bonchev–Trinajstić information content (AvgIpc) is 2.59. The maximum atomic E-state index is 14.2. The lowest BCUT2D eigenvalue weighted by Crippen LogP contribution is -2.21. The van der Waals surface area contributed by atoms with Gasteiger partial charge in [0, 0.05) is 11.6 Å². The molecule has 0 heterocycles. The number of rotatable bonds is 4. The third kappa shape index (κ3) is 3.89. The van der Waals surface area contributed by atoms with E-state index >= 15 is 0 Å². The molecule has 27 heavy (non-hydrogen) atoms. The van der Waals surface area contributed by atoms with Gasteiger partial charge in [-0.3, -0.25) is 0 Å². The molecule has 3 aromatic rings. The largest absolute Gasteiger partial charge is 0.429 e. The molecule has 3 aromatic carbocycles. The molecule has 0 saturated carbocycles. The zero-order valence-corrected chi connectivity index (χ0v) is 13.3. The van der Waals surface area contributed by atoms with Gasteiger partial charge in [-0.05, 0) is 54.1 Å². The monoisotopic (exact) mass is 386 g/mol. The van der Waals surface area contributed by atoms with Gasteiger partial charge in [0.2, 0.25) is 0 Å². The molecule has 0 spiro atoms. The number of alkyl halides is 2. The summed E-state index contributed by atoms with van der Waals surface area (Å²) in [6.45, 7) is 0. The second kappa shape index (κ2) is 6.94. The SMILES string of the molecule is Fc1ccc(C(F)(F)Oc2ccc(-c3cc(F)c(F)c(F)c3)c(F)c2)cc1. The standard InChI is InChI=1S/C19H9F7O/c20-12-3-1-11(2-4-12)19(25,26)27-13-5-6-14(15(21)9-13)10-7-16(22)18(24)17(23)8-10/h1-9H. The normalized spacial score (nSPS) is 11.5. The van der Waals surface area contributed by atoms with E-state index in [9.17, 15) is 30.7 Å². The van der Waals surface area contributed by atoms with E-state index in [-0.39, 0.29) is 11.1 Å². The number of ether oxygens (including phenoxy) is 1. The first-order valence-electron chi connectivity index (χ1n) is 7.45. The zero-order valence-electron chi connectivity index (χ0n) is 13.3. The molecule has 3 rings (SSSR count). The third-order valence-corrected chi connectivity index (χ3v) is 3.66. The van der Waals surface area contributed by atoms with Crippen molar-refractivity contribution in [1.29, 1.82) is 0 Å². The Labute approximate surface area is 148 Å². The molecule has 0 aliphatic rings. The van der Waals surface area contributed by atoms with Gasteiger partial charge in [-0.2, -0.15) is 8.78 Å². The summed E-state index contributed by atoms with van der Waals surface area (Å²) < 4.78 is 99.2. The highest BCUT2D eigenvalue weighted by Crippen LogP contribution is 2.34. The first-order valence-corrected chi connectivity index (χ1v) is 7.45. The van der Waals surface area contributed by atoms with E-state index < -0.39 is 46.5 Å². The Morgan fingerprint density at radius 2 is 1.26 bits per heavy atom. The molecule has 0 radical (unpaired) electrons. The molecule has 0 unspecified atom stereocenters. The second-order valence-corrected chi connectivity index (χ2v) is 5.52. The van der Waals surface area contributed by atoms with Gasteiger partial charge in [-0.1, -0.05) is 0 Å². The van der Waals surface area contributed by atoms with Crippen molar-refractivity contribution in [2.45, 2.75) is 6.11 Å². The minimum Gasteiger partial charge on any atom is -0.429 e. The smallest absolute Gasteiger partial charge is 0.426 e. The van der Waals surface area contributed by atoms with Crippen LogP contribution >= 0.6 is 0 Å². The Morgan fingerprint density at radius 3 is 1.81 bits per heavy atom. The van der Waals surface area contributed by atoms with Gasteiger partial charge in [0.1, 0.15) is 17.4 Å². The lowest BCUT2D eigenvalue weighted by Gasteiger charge is -2.18. The molecule has 0 fully saturated rings. The van der Waals surface area contributed by atoms with Crippen molar-refractivity contribution in [2.24, 2.45) is 0 Å². The lowest BCUT2D eigenvalue weighted by molar-refractivity contribution is -0.185. The maximum absolute atomic E-state index is 14.2. The first kappa shape index (κ1) is 18.8. The molecule has 8 heteroatoms. The van der Waals surface area contributed by atoms with Crippen LogP contribution in [0.15, 0.2) is 54.6 Å². The molecule has 0 atom stereocenters. The van der Waals surface area contributed by atoms with E-state index in [1.165, 1.54) is 0 Å². The Bertz CT molecular complexity index is 961. The first-order chi connectivity index (χ1) is 12.7. The summed E-state index contributed by atoms with van der Waals surface area (Å²) in [5.74, 6) is -7.16. The summed E-state index contributed by atoms with van der Waals surface area (Å²) in [5, 5.41) is 0. The van der Waals surface area contributed by atoms with Crippen LogP contribution < -0.4 is 4.74 Å². The van der Waals surface area contributed by atoms with Crippen LogP contribution in [0.5, 0.6) is 5.75 Å². The van der Waals surface area contributed by atoms with Gasteiger partial charge < -0.3 is 4.74 Å². The summed E-state index contributed by atoms with van der Waals surface area (Å²) in [5.41, 5.74) is -1.32. The highest BCUT2D eigenvalue weighted by Gasteiger charge is 2.34. The lowest BCUT2D eigenvalue weighted by atomic mass is 10.0. The Kier molecular flexibility index (Phi) is 4.82. The number of hydrogen-bond acceptors (Lipinski definition) is 1. The van der Waals surface area contributed by atoms with Gasteiger partial charge in [0.15, 0.2) is 17.5 Å². The third-order valence-electron chi connectivity index (χ3n) is 3.66. The quantitative estimate of drug-likeness (QED) is 0.385. The summed E-state index contributed by atoms with van der Waals surface area (Å²) in [6, 6.07) is 6.89. The molecule has 0 aliphatic carbocycles. The number of benzene rings is 3. The van der Waals surface area contributed by atoms with Crippen molar-refractivity contribution < 1.29 is 35.5 Å². The van der Waals surface area contributed by atoms with Crippen molar-refractivity contribution in [3.63, 3.8) is 0 Å². The minimum atomic E-state index is -3.88. The van der Waals surface area contributed by atoms with E-state index in [0.29, 0.717) is 18.2 Å². The van der Waals surface area contributed by atoms with Crippen LogP contribution in [0.1, 0.15) is 5.56 Å². The molecule has 0 bridgehead atoms. The summed E-state index contributed by atoms with van der Waals surface area (Å²) >= 11 is 0. The molecule has 0 saturated heterocycles. The van der Waals surface area contributed by atoms with Crippen molar-refractivity contribution in [2.75, 3.05) is 0 Å². The molecule has 1 nitrogen and oxygen atoms in total. The maximum Gasteiger partial charge on any atom is 0.426 e. The van der Waals surface area contributed by atoms with Crippen LogP contribution in [0, 0.1) is 29.1 Å². The fourth-order valence-corrected chi connectivity index (χ4v) is 2.36. The van der Waals surface area contributed by atoms with E-state index in [1.807, 2.05) is 0 Å². The fourth-order valence-electron chi connectivity index (χ4n) is 2.36. The van der Waals surface area contributed by atoms with Crippen LogP contribution in [-0.4, -0.2) is 0 Å². The molecule has 0 aromatic heterocycles. The Morgan fingerprint density at radius 1 is 0.667 bits per heavy atom. The predicted molar refractivity (Wildman–Crippen MR) is 82.6 cm³/mol. The van der Waals surface area contributed by atoms with Gasteiger partial charge in [0.25, 0.3) is 0 Å². The minimum absolute atomic E-state index is 0.319. The molecule has 140 valence electrons. The van der Waals surface area contributed by atoms with Crippen molar-refractivity contribution in [3.05, 3.63) is 89.2 Å². The van der Waals surface area contributed by atoms with Gasteiger partial charge in [-0.25, -0.2) is 22.0 Å². The number of halogens is 7. The predicted octanol–water partition coefficient (Wildman–Crippen LogP) is 6.18. The number of hydrogen-bond donors (Lipinski definition) is 0. The van der Waals surface area contributed by atoms with Gasteiger partial charge in [-0.15, -0.1) is 0 Å². The molecule has 0 N–H and O–H groups in total. The van der Waals surface area contributed by atoms with Crippen LogP contribution in [0.2, 0.25) is 0 Å². The van der Waals surface area contributed by atoms with Gasteiger partial charge in [0.05, 0.1) is 5.56 Å². The van der Waals surface area contributed by atoms with Crippen molar-refractivity contribution >= 4 is 0 Å². The summed E-state index contributed by atoms with van der Waals surface area (Å²) in [7, 11) is 0. The molecule has 0 amide bonds. The van der Waals surface area contributed by atoms with Crippen LogP contribution in [-0.2, 0) is 6.11 Å². The highest BCUT2D eigenvalue weighted by atomic mass is 19.3. The Balaban J connectivity index is 1.90. The zero-order chi connectivity index (χ0) is 19.8. The second-order valence-electron chi connectivity index (χ2n) is 5.52. The van der Waals surface area contributed by atoms with Crippen molar-refractivity contribution in [3.8, 4) is 16.9 Å². The highest BCUT2D eigenvalue weighted by molar-refractivity contribution is 5.65. The van der Waals surface area contributed by atoms with E-state index in [4.69, 9.17) is 0 Å². The van der Waals surface area contributed by atoms with E-state index in [1.54, 1.807) is 0 Å². The van der Waals surface area contributed by atoms with Crippen LogP contribution in [0.3, 0.4) is 0 Å². The van der Waals surface area contributed by atoms with Gasteiger partial charge >= 0.3 is 6.11 Å². The van der Waals surface area contributed by atoms with Crippen LogP contribution in [0.25, 0.3) is 11.1 Å². The molecular weight excluding hydrogens is 377 g/mol. The summed E-state index contributed by atoms with van der Waals surface area (Å²) in [4.78, 5) is 0. The molecule has 0 aliphatic heterocycles. The topological polar surface area (TPSA) is 9.23 Å². The van der Waals surface area contributed by atoms with Crippen molar-refractivity contribution in [1.82, 2.24) is 0 Å². The van der Waals surface area contributed by atoms with E-state index in [0.717, 1.165) is 36.4 Å². The van der Waals surface area contributed by atoms with E-state index in [2.05, 4.69) is 4.74 Å². The summed E-state index contributed by atoms with van der Waals surface area (Å²) in [6.07, 6.45) is -3.88. The Hall–Kier alpha value is -3.03.